The first kappa shape index (κ1) is 17.0. The molecule has 0 atom stereocenters. The van der Waals surface area contributed by atoms with Crippen molar-refractivity contribution in [1.82, 2.24) is 9.21 Å². The number of sulfonamides is 1. The number of unbranched alkanes of at least 4 members (excludes halogenated alkanes) is 1. The maximum Gasteiger partial charge on any atom is 0.243 e. The zero-order chi connectivity index (χ0) is 16.2. The third-order valence-electron chi connectivity index (χ3n) is 4.06. The summed E-state index contributed by atoms with van der Waals surface area (Å²) in [6, 6.07) is 7.18. The molecule has 1 aliphatic heterocycles. The highest BCUT2D eigenvalue weighted by atomic mass is 32.2. The molecule has 0 spiro atoms. The van der Waals surface area contributed by atoms with Crippen LogP contribution in [0.1, 0.15) is 32.3 Å². The van der Waals surface area contributed by atoms with Gasteiger partial charge in [0.25, 0.3) is 0 Å². The van der Waals surface area contributed by atoms with Crippen molar-refractivity contribution < 1.29 is 13.2 Å². The fourth-order valence-electron chi connectivity index (χ4n) is 2.60. The molecule has 0 aliphatic carbocycles. The van der Waals surface area contributed by atoms with Gasteiger partial charge in [-0.2, -0.15) is 4.31 Å². The molecule has 1 aliphatic rings. The van der Waals surface area contributed by atoms with E-state index in [1.807, 2.05) is 12.1 Å². The Morgan fingerprint density at radius 3 is 2.18 bits per heavy atom. The summed E-state index contributed by atoms with van der Waals surface area (Å²) in [4.78, 5) is 13.3. The Morgan fingerprint density at radius 1 is 1.09 bits per heavy atom. The van der Waals surface area contributed by atoms with Crippen LogP contribution in [0.2, 0.25) is 0 Å². The number of aryl methyl sites for hydroxylation is 1. The Kier molecular flexibility index (Phi) is 5.58. The van der Waals surface area contributed by atoms with Gasteiger partial charge in [-0.25, -0.2) is 8.42 Å². The highest BCUT2D eigenvalue weighted by Gasteiger charge is 2.29. The average molecular weight is 324 g/mol. The number of hydrogen-bond acceptors (Lipinski definition) is 3. The number of amides is 1. The molecule has 5 nitrogen and oxygen atoms in total. The molecule has 0 aromatic heterocycles. The zero-order valence-electron chi connectivity index (χ0n) is 13.3. The Labute approximate surface area is 133 Å². The van der Waals surface area contributed by atoms with Gasteiger partial charge in [-0.1, -0.05) is 25.5 Å². The molecule has 1 fully saturated rings. The van der Waals surface area contributed by atoms with Crippen LogP contribution in [0.4, 0.5) is 0 Å². The van der Waals surface area contributed by atoms with E-state index in [0.29, 0.717) is 31.1 Å². The third kappa shape index (κ3) is 3.87. The van der Waals surface area contributed by atoms with E-state index in [9.17, 15) is 13.2 Å². The lowest BCUT2D eigenvalue weighted by atomic mass is 10.1. The number of benzene rings is 1. The molecule has 122 valence electrons. The van der Waals surface area contributed by atoms with Crippen LogP contribution in [0, 0.1) is 0 Å². The highest BCUT2D eigenvalue weighted by Crippen LogP contribution is 2.19. The lowest BCUT2D eigenvalue weighted by Crippen LogP contribution is -2.49. The summed E-state index contributed by atoms with van der Waals surface area (Å²) in [7, 11) is -3.45. The minimum absolute atomic E-state index is 0.00248. The molecule has 22 heavy (non-hydrogen) atoms. The van der Waals surface area contributed by atoms with Crippen LogP contribution in [-0.2, 0) is 21.2 Å². The molecule has 1 aromatic rings. The van der Waals surface area contributed by atoms with E-state index >= 15 is 0 Å². The summed E-state index contributed by atoms with van der Waals surface area (Å²) in [6.45, 7) is 5.30. The molecule has 0 unspecified atom stereocenters. The van der Waals surface area contributed by atoms with E-state index in [0.717, 1.165) is 19.3 Å². The summed E-state index contributed by atoms with van der Waals surface area (Å²) in [5.41, 5.74) is 1.17. The standard InChI is InChI=1S/C16H24N2O3S/c1-3-4-5-15-6-8-16(9-7-15)22(20,21)18-12-10-17(11-13-18)14(2)19/h6-9H,3-5,10-13H2,1-2H3. The van der Waals surface area contributed by atoms with Gasteiger partial charge in [0.2, 0.25) is 15.9 Å². The fourth-order valence-corrected chi connectivity index (χ4v) is 4.02. The SMILES string of the molecule is CCCCc1ccc(S(=O)(=O)N2CCN(C(C)=O)CC2)cc1. The van der Waals surface area contributed by atoms with Gasteiger partial charge in [0.1, 0.15) is 0 Å². The third-order valence-corrected chi connectivity index (χ3v) is 5.98. The van der Waals surface area contributed by atoms with Crippen LogP contribution in [0.15, 0.2) is 29.2 Å². The number of carbonyl (C=O) groups excluding carboxylic acids is 1. The summed E-state index contributed by atoms with van der Waals surface area (Å²) in [6.07, 6.45) is 3.22. The van der Waals surface area contributed by atoms with E-state index < -0.39 is 10.0 Å². The first-order chi connectivity index (χ1) is 10.4. The molecule has 6 heteroatoms. The average Bonchev–Trinajstić information content (AvgIpc) is 2.53. The van der Waals surface area contributed by atoms with Gasteiger partial charge in [-0.15, -0.1) is 0 Å². The molecule has 1 amide bonds. The Morgan fingerprint density at radius 2 is 1.68 bits per heavy atom. The lowest BCUT2D eigenvalue weighted by molar-refractivity contribution is -0.129. The van der Waals surface area contributed by atoms with Crippen LogP contribution in [0.5, 0.6) is 0 Å². The van der Waals surface area contributed by atoms with E-state index in [1.54, 1.807) is 17.0 Å². The smallest absolute Gasteiger partial charge is 0.243 e. The van der Waals surface area contributed by atoms with Crippen molar-refractivity contribution >= 4 is 15.9 Å². The minimum atomic E-state index is -3.45. The molecule has 1 aromatic carbocycles. The molecule has 0 N–H and O–H groups in total. The fraction of sp³-hybridized carbons (Fsp3) is 0.562. The Balaban J connectivity index is 2.06. The van der Waals surface area contributed by atoms with Crippen molar-refractivity contribution in [2.45, 2.75) is 38.0 Å². The van der Waals surface area contributed by atoms with Crippen LogP contribution in [-0.4, -0.2) is 49.7 Å². The Hall–Kier alpha value is -1.40. The van der Waals surface area contributed by atoms with Crippen LogP contribution in [0.3, 0.4) is 0 Å². The zero-order valence-corrected chi connectivity index (χ0v) is 14.1. The number of carbonyl (C=O) groups is 1. The Bertz CT molecular complexity index is 603. The molecule has 1 heterocycles. The van der Waals surface area contributed by atoms with E-state index in [-0.39, 0.29) is 5.91 Å². The lowest BCUT2D eigenvalue weighted by Gasteiger charge is -2.33. The summed E-state index contributed by atoms with van der Waals surface area (Å²) >= 11 is 0. The van der Waals surface area contributed by atoms with Crippen molar-refractivity contribution in [3.05, 3.63) is 29.8 Å². The van der Waals surface area contributed by atoms with E-state index in [4.69, 9.17) is 0 Å². The van der Waals surface area contributed by atoms with Gasteiger partial charge in [0.15, 0.2) is 0 Å². The molecule has 2 rings (SSSR count). The van der Waals surface area contributed by atoms with E-state index in [1.165, 1.54) is 16.8 Å². The van der Waals surface area contributed by atoms with Crippen LogP contribution >= 0.6 is 0 Å². The number of piperazine rings is 1. The maximum atomic E-state index is 12.6. The van der Waals surface area contributed by atoms with E-state index in [2.05, 4.69) is 6.92 Å². The van der Waals surface area contributed by atoms with Gasteiger partial charge in [-0.3, -0.25) is 4.79 Å². The van der Waals surface area contributed by atoms with Crippen molar-refractivity contribution in [3.63, 3.8) is 0 Å². The quantitative estimate of drug-likeness (QED) is 0.831. The first-order valence-corrected chi connectivity index (χ1v) is 9.23. The summed E-state index contributed by atoms with van der Waals surface area (Å²) in [5, 5.41) is 0. The second-order valence-corrected chi connectivity index (χ2v) is 7.60. The monoisotopic (exact) mass is 324 g/mol. The molecular formula is C16H24N2O3S. The number of hydrogen-bond donors (Lipinski definition) is 0. The first-order valence-electron chi connectivity index (χ1n) is 7.79. The highest BCUT2D eigenvalue weighted by molar-refractivity contribution is 7.89. The predicted octanol–water partition coefficient (Wildman–Crippen LogP) is 1.88. The van der Waals surface area contributed by atoms with Crippen molar-refractivity contribution in [3.8, 4) is 0 Å². The van der Waals surface area contributed by atoms with Crippen LogP contribution < -0.4 is 0 Å². The summed E-state index contributed by atoms with van der Waals surface area (Å²) in [5.74, 6) is -0.00248. The molecule has 0 bridgehead atoms. The van der Waals surface area contributed by atoms with Crippen molar-refractivity contribution in [1.29, 1.82) is 0 Å². The molecular weight excluding hydrogens is 300 g/mol. The van der Waals surface area contributed by atoms with Crippen molar-refractivity contribution in [2.75, 3.05) is 26.2 Å². The number of rotatable bonds is 5. The largest absolute Gasteiger partial charge is 0.340 e. The van der Waals surface area contributed by atoms with Crippen molar-refractivity contribution in [2.24, 2.45) is 0 Å². The molecule has 0 saturated carbocycles. The molecule has 1 saturated heterocycles. The minimum Gasteiger partial charge on any atom is -0.340 e. The van der Waals surface area contributed by atoms with Gasteiger partial charge < -0.3 is 4.90 Å². The van der Waals surface area contributed by atoms with Gasteiger partial charge in [0.05, 0.1) is 4.90 Å². The number of nitrogens with zero attached hydrogens (tertiary/aromatic N) is 2. The van der Waals surface area contributed by atoms with Gasteiger partial charge in [0, 0.05) is 33.1 Å². The van der Waals surface area contributed by atoms with Gasteiger partial charge in [-0.05, 0) is 30.5 Å². The van der Waals surface area contributed by atoms with Crippen LogP contribution in [0.25, 0.3) is 0 Å². The van der Waals surface area contributed by atoms with Gasteiger partial charge >= 0.3 is 0 Å². The summed E-state index contributed by atoms with van der Waals surface area (Å²) < 4.78 is 26.7. The predicted molar refractivity (Wildman–Crippen MR) is 86.1 cm³/mol. The normalized spacial score (nSPS) is 16.7. The second kappa shape index (κ2) is 7.24. The topological polar surface area (TPSA) is 57.7 Å². The second-order valence-electron chi connectivity index (χ2n) is 5.66. The maximum absolute atomic E-state index is 12.6. The molecule has 0 radical (unpaired) electrons.